The summed E-state index contributed by atoms with van der Waals surface area (Å²) in [6.45, 7) is 6.08. The number of aliphatic hydroxyl groups excluding tert-OH is 1. The molecule has 4 aromatic rings. The number of thiazole rings is 1. The Hall–Kier alpha value is -3.54. The van der Waals surface area contributed by atoms with Crippen molar-refractivity contribution in [1.82, 2.24) is 15.0 Å². The van der Waals surface area contributed by atoms with Crippen LogP contribution in [0.3, 0.4) is 0 Å². The van der Waals surface area contributed by atoms with Gasteiger partial charge in [-0.1, -0.05) is 11.3 Å². The molecule has 10 nitrogen and oxygen atoms in total. The SMILES string of the molecule is Cc1cc(-c2nc(C(=O)Nc3cc4sc(N5CCOCC5)nc4cc3N3CCC(O)C3)co2)ccn1. The number of ether oxygens (including phenoxy) is 1. The van der Waals surface area contributed by atoms with E-state index >= 15 is 0 Å². The number of rotatable bonds is 5. The number of aromatic nitrogens is 3. The van der Waals surface area contributed by atoms with Gasteiger partial charge in [-0.2, -0.15) is 0 Å². The van der Waals surface area contributed by atoms with E-state index in [-0.39, 0.29) is 11.6 Å². The lowest BCUT2D eigenvalue weighted by Gasteiger charge is -2.25. The number of nitrogens with zero attached hydrogens (tertiary/aromatic N) is 5. The molecule has 0 radical (unpaired) electrons. The van der Waals surface area contributed by atoms with Gasteiger partial charge in [0.15, 0.2) is 10.8 Å². The van der Waals surface area contributed by atoms with Crippen LogP contribution in [0, 0.1) is 6.92 Å². The number of aryl methyl sites for hydroxylation is 1. The van der Waals surface area contributed by atoms with Crippen molar-refractivity contribution in [2.45, 2.75) is 19.4 Å². The summed E-state index contributed by atoms with van der Waals surface area (Å²) in [5.41, 5.74) is 4.14. The summed E-state index contributed by atoms with van der Waals surface area (Å²) in [7, 11) is 0. The molecule has 1 atom stereocenters. The lowest BCUT2D eigenvalue weighted by atomic mass is 10.2. The predicted octanol–water partition coefficient (Wildman–Crippen LogP) is 3.31. The van der Waals surface area contributed by atoms with Gasteiger partial charge in [0.05, 0.1) is 40.9 Å². The van der Waals surface area contributed by atoms with Crippen LogP contribution in [0.5, 0.6) is 0 Å². The molecule has 2 aliphatic rings. The predicted molar refractivity (Wildman–Crippen MR) is 138 cm³/mol. The molecule has 1 aromatic carbocycles. The fourth-order valence-corrected chi connectivity index (χ4v) is 5.58. The van der Waals surface area contributed by atoms with Crippen molar-refractivity contribution in [1.29, 1.82) is 0 Å². The van der Waals surface area contributed by atoms with Crippen molar-refractivity contribution >= 4 is 44.0 Å². The van der Waals surface area contributed by atoms with Crippen molar-refractivity contribution in [2.24, 2.45) is 0 Å². The number of oxazole rings is 1. The zero-order valence-corrected chi connectivity index (χ0v) is 20.6. The van der Waals surface area contributed by atoms with Gasteiger partial charge in [-0.05, 0) is 37.6 Å². The highest BCUT2D eigenvalue weighted by Crippen LogP contribution is 2.38. The molecule has 2 saturated heterocycles. The molecule has 36 heavy (non-hydrogen) atoms. The van der Waals surface area contributed by atoms with Gasteiger partial charge in [0.2, 0.25) is 5.89 Å². The molecule has 0 saturated carbocycles. The summed E-state index contributed by atoms with van der Waals surface area (Å²) in [5, 5.41) is 14.1. The van der Waals surface area contributed by atoms with E-state index in [1.54, 1.807) is 23.6 Å². The number of carbonyl (C=O) groups is 1. The third kappa shape index (κ3) is 4.52. The molecular formula is C25H26N6O4S. The van der Waals surface area contributed by atoms with Crippen LogP contribution < -0.4 is 15.1 Å². The highest BCUT2D eigenvalue weighted by atomic mass is 32.1. The minimum atomic E-state index is -0.398. The first kappa shape index (κ1) is 22.9. The molecule has 2 aliphatic heterocycles. The number of benzene rings is 1. The summed E-state index contributed by atoms with van der Waals surface area (Å²) >= 11 is 1.60. The monoisotopic (exact) mass is 506 g/mol. The van der Waals surface area contributed by atoms with E-state index in [4.69, 9.17) is 14.1 Å². The summed E-state index contributed by atoms with van der Waals surface area (Å²) in [6, 6.07) is 7.61. The Bertz CT molecular complexity index is 1410. The van der Waals surface area contributed by atoms with Crippen molar-refractivity contribution in [3.63, 3.8) is 0 Å². The number of β-amino-alcohol motifs (C(OH)–C–C–N with tert-alkyl or cyclic N) is 1. The average Bonchev–Trinajstić information content (AvgIpc) is 3.63. The minimum Gasteiger partial charge on any atom is -0.444 e. The van der Waals surface area contributed by atoms with E-state index in [2.05, 4.69) is 25.1 Å². The number of fused-ring (bicyclic) bond motifs is 1. The third-order valence-electron chi connectivity index (χ3n) is 6.41. The van der Waals surface area contributed by atoms with Crippen LogP contribution in [0.4, 0.5) is 16.5 Å². The molecule has 6 rings (SSSR count). The molecule has 186 valence electrons. The van der Waals surface area contributed by atoms with Crippen molar-refractivity contribution < 1.29 is 19.1 Å². The van der Waals surface area contributed by atoms with E-state index in [1.807, 2.05) is 25.1 Å². The Kier molecular flexibility index (Phi) is 6.04. The molecule has 11 heteroatoms. The van der Waals surface area contributed by atoms with E-state index in [1.165, 1.54) is 6.26 Å². The molecule has 0 bridgehead atoms. The first-order valence-electron chi connectivity index (χ1n) is 11.9. The molecular weight excluding hydrogens is 480 g/mol. The zero-order valence-electron chi connectivity index (χ0n) is 19.8. The molecule has 1 unspecified atom stereocenters. The van der Waals surface area contributed by atoms with Gasteiger partial charge in [0, 0.05) is 43.6 Å². The van der Waals surface area contributed by atoms with Crippen molar-refractivity contribution in [2.75, 3.05) is 54.5 Å². The minimum absolute atomic E-state index is 0.185. The van der Waals surface area contributed by atoms with E-state index in [9.17, 15) is 9.90 Å². The number of hydrogen-bond donors (Lipinski definition) is 2. The Balaban J connectivity index is 1.31. The second kappa shape index (κ2) is 9.49. The quantitative estimate of drug-likeness (QED) is 0.420. The maximum atomic E-state index is 13.2. The molecule has 3 aromatic heterocycles. The summed E-state index contributed by atoms with van der Waals surface area (Å²) < 4.78 is 12.0. The summed E-state index contributed by atoms with van der Waals surface area (Å²) in [6.07, 6.45) is 3.33. The lowest BCUT2D eigenvalue weighted by molar-refractivity contribution is 0.102. The fourth-order valence-electron chi connectivity index (χ4n) is 4.54. The van der Waals surface area contributed by atoms with Crippen LogP contribution in [0.25, 0.3) is 21.7 Å². The smallest absolute Gasteiger partial charge is 0.277 e. The van der Waals surface area contributed by atoms with Gasteiger partial charge in [-0.25, -0.2) is 9.97 Å². The van der Waals surface area contributed by atoms with E-state index in [0.717, 1.165) is 45.4 Å². The van der Waals surface area contributed by atoms with Gasteiger partial charge in [0.1, 0.15) is 6.26 Å². The molecule has 5 heterocycles. The van der Waals surface area contributed by atoms with Crippen molar-refractivity contribution in [3.05, 3.63) is 48.1 Å². The number of morpholine rings is 1. The van der Waals surface area contributed by atoms with E-state index < -0.39 is 6.10 Å². The first-order chi connectivity index (χ1) is 17.5. The number of hydrogen-bond acceptors (Lipinski definition) is 10. The maximum Gasteiger partial charge on any atom is 0.277 e. The number of carbonyl (C=O) groups excluding carboxylic acids is 1. The number of nitrogens with one attached hydrogen (secondary N) is 1. The van der Waals surface area contributed by atoms with Gasteiger partial charge in [-0.3, -0.25) is 9.78 Å². The van der Waals surface area contributed by atoms with Crippen LogP contribution in [0.1, 0.15) is 22.6 Å². The second-order valence-electron chi connectivity index (χ2n) is 9.00. The molecule has 2 fully saturated rings. The molecule has 2 N–H and O–H groups in total. The van der Waals surface area contributed by atoms with Crippen LogP contribution in [0.2, 0.25) is 0 Å². The summed E-state index contributed by atoms with van der Waals surface area (Å²) in [5.74, 6) is -0.00404. The van der Waals surface area contributed by atoms with Crippen LogP contribution in [-0.2, 0) is 4.74 Å². The second-order valence-corrected chi connectivity index (χ2v) is 10.0. The fraction of sp³-hybridized carbons (Fsp3) is 0.360. The van der Waals surface area contributed by atoms with Crippen molar-refractivity contribution in [3.8, 4) is 11.5 Å². The van der Waals surface area contributed by atoms with Gasteiger partial charge >= 0.3 is 0 Å². The third-order valence-corrected chi connectivity index (χ3v) is 7.49. The Morgan fingerprint density at radius 1 is 1.17 bits per heavy atom. The Morgan fingerprint density at radius 2 is 2.03 bits per heavy atom. The number of aliphatic hydroxyl groups is 1. The number of anilines is 3. The van der Waals surface area contributed by atoms with Gasteiger partial charge in [-0.15, -0.1) is 0 Å². The largest absolute Gasteiger partial charge is 0.444 e. The molecule has 0 aliphatic carbocycles. The van der Waals surface area contributed by atoms with Crippen LogP contribution in [-0.4, -0.2) is 71.5 Å². The average molecular weight is 507 g/mol. The standard InChI is InChI=1S/C25H26N6O4S/c1-15-10-16(2-4-26-15)24-28-20(14-35-24)23(33)27-18-12-22-19(11-21(18)31-5-3-17(32)13-31)29-25(36-22)30-6-8-34-9-7-30/h2,4,10-12,14,17,32H,3,5-9,13H2,1H3,(H,27,33). The van der Waals surface area contributed by atoms with E-state index in [0.29, 0.717) is 44.3 Å². The first-order valence-corrected chi connectivity index (χ1v) is 12.8. The normalized spacial score (nSPS) is 18.2. The number of amides is 1. The molecule has 0 spiro atoms. The molecule has 1 amide bonds. The zero-order chi connectivity index (χ0) is 24.6. The van der Waals surface area contributed by atoms with Crippen LogP contribution in [0.15, 0.2) is 41.1 Å². The number of pyridine rings is 1. The summed E-state index contributed by atoms with van der Waals surface area (Å²) in [4.78, 5) is 31.0. The Morgan fingerprint density at radius 3 is 2.81 bits per heavy atom. The lowest BCUT2D eigenvalue weighted by Crippen LogP contribution is -2.36. The van der Waals surface area contributed by atoms with Gasteiger partial charge < -0.3 is 29.4 Å². The van der Waals surface area contributed by atoms with Crippen LogP contribution >= 0.6 is 11.3 Å². The van der Waals surface area contributed by atoms with Gasteiger partial charge in [0.25, 0.3) is 5.91 Å². The maximum absolute atomic E-state index is 13.2. The topological polar surface area (TPSA) is 117 Å². The highest BCUT2D eigenvalue weighted by Gasteiger charge is 2.26. The Labute approximate surface area is 211 Å². The highest BCUT2D eigenvalue weighted by molar-refractivity contribution is 7.22.